The first-order valence-electron chi connectivity index (χ1n) is 6.75. The number of hydrogen-bond donors (Lipinski definition) is 1. The van der Waals surface area contributed by atoms with Crippen molar-refractivity contribution in [2.75, 3.05) is 20.8 Å². The third-order valence-corrected chi connectivity index (χ3v) is 3.19. The molecular formula is C17H18O5. The van der Waals surface area contributed by atoms with Gasteiger partial charge in [0, 0.05) is 6.07 Å². The van der Waals surface area contributed by atoms with Gasteiger partial charge in [-0.15, -0.1) is 0 Å². The highest BCUT2D eigenvalue weighted by Crippen LogP contribution is 2.26. The third kappa shape index (κ3) is 3.77. The van der Waals surface area contributed by atoms with Gasteiger partial charge in [-0.1, -0.05) is 12.1 Å². The fourth-order valence-corrected chi connectivity index (χ4v) is 1.95. The molecule has 0 atom stereocenters. The van der Waals surface area contributed by atoms with Gasteiger partial charge in [0.05, 0.1) is 19.8 Å². The Morgan fingerprint density at radius 3 is 2.23 bits per heavy atom. The van der Waals surface area contributed by atoms with E-state index >= 15 is 0 Å². The highest BCUT2D eigenvalue weighted by atomic mass is 16.5. The molecule has 0 spiro atoms. The summed E-state index contributed by atoms with van der Waals surface area (Å²) in [5.74, 6) is 1.34. The van der Waals surface area contributed by atoms with Crippen LogP contribution in [0.2, 0.25) is 0 Å². The summed E-state index contributed by atoms with van der Waals surface area (Å²) in [6, 6.07) is 12.3. The minimum Gasteiger partial charge on any atom is -0.497 e. The van der Waals surface area contributed by atoms with Crippen LogP contribution in [0.3, 0.4) is 0 Å². The predicted molar refractivity (Wildman–Crippen MR) is 81.7 cm³/mol. The molecule has 0 saturated heterocycles. The summed E-state index contributed by atoms with van der Waals surface area (Å²) in [6.07, 6.45) is 0. The van der Waals surface area contributed by atoms with Gasteiger partial charge in [-0.2, -0.15) is 0 Å². The molecule has 0 radical (unpaired) electrons. The number of carbonyl (C=O) groups is 1. The monoisotopic (exact) mass is 302 g/mol. The molecule has 116 valence electrons. The van der Waals surface area contributed by atoms with Crippen LogP contribution in [0, 0.1) is 0 Å². The van der Waals surface area contributed by atoms with Crippen molar-refractivity contribution >= 4 is 5.78 Å². The summed E-state index contributed by atoms with van der Waals surface area (Å²) in [5.41, 5.74) is 1.27. The van der Waals surface area contributed by atoms with E-state index in [1.54, 1.807) is 25.3 Å². The van der Waals surface area contributed by atoms with Crippen molar-refractivity contribution in [3.8, 4) is 17.2 Å². The van der Waals surface area contributed by atoms with Gasteiger partial charge >= 0.3 is 0 Å². The molecule has 22 heavy (non-hydrogen) atoms. The van der Waals surface area contributed by atoms with Crippen LogP contribution < -0.4 is 14.2 Å². The largest absolute Gasteiger partial charge is 0.497 e. The molecule has 0 aliphatic carbocycles. The molecule has 0 aromatic heterocycles. The Kier molecular flexibility index (Phi) is 5.38. The molecule has 0 unspecified atom stereocenters. The van der Waals surface area contributed by atoms with Crippen LogP contribution in [0.1, 0.15) is 15.9 Å². The van der Waals surface area contributed by atoms with Crippen molar-refractivity contribution in [2.24, 2.45) is 0 Å². The number of carbonyl (C=O) groups excluding carboxylic acids is 1. The molecule has 0 bridgehead atoms. The van der Waals surface area contributed by atoms with E-state index in [1.807, 2.05) is 24.3 Å². The lowest BCUT2D eigenvalue weighted by atomic mass is 10.1. The molecule has 0 aliphatic heterocycles. The summed E-state index contributed by atoms with van der Waals surface area (Å²) in [5, 5.41) is 9.03. The first kappa shape index (κ1) is 15.9. The number of aliphatic hydroxyl groups is 1. The Bertz CT molecular complexity index is 634. The van der Waals surface area contributed by atoms with Crippen LogP contribution in [-0.2, 0) is 6.61 Å². The average Bonchev–Trinajstić information content (AvgIpc) is 2.59. The van der Waals surface area contributed by atoms with Crippen LogP contribution in [0.15, 0.2) is 42.5 Å². The number of ketones is 1. The molecule has 0 amide bonds. The van der Waals surface area contributed by atoms with Crippen LogP contribution in [0.25, 0.3) is 0 Å². The van der Waals surface area contributed by atoms with Crippen molar-refractivity contribution in [3.63, 3.8) is 0 Å². The summed E-state index contributed by atoms with van der Waals surface area (Å²) < 4.78 is 15.9. The molecule has 0 fully saturated rings. The van der Waals surface area contributed by atoms with Gasteiger partial charge in [-0.25, -0.2) is 0 Å². The van der Waals surface area contributed by atoms with E-state index < -0.39 is 12.4 Å². The summed E-state index contributed by atoms with van der Waals surface area (Å²) in [4.78, 5) is 11.7. The number of Topliss-reactive ketones (excluding diaryl/α,β-unsaturated/α-hetero) is 1. The molecule has 5 nitrogen and oxygen atoms in total. The maximum atomic E-state index is 11.7. The molecule has 5 heteroatoms. The number of hydrogen-bond acceptors (Lipinski definition) is 5. The second-order valence-corrected chi connectivity index (χ2v) is 4.58. The first-order valence-corrected chi connectivity index (χ1v) is 6.75. The van der Waals surface area contributed by atoms with Crippen molar-refractivity contribution in [1.29, 1.82) is 0 Å². The number of ether oxygens (including phenoxy) is 3. The number of rotatable bonds is 7. The van der Waals surface area contributed by atoms with E-state index in [-0.39, 0.29) is 0 Å². The van der Waals surface area contributed by atoms with E-state index in [9.17, 15) is 4.79 Å². The molecule has 2 aromatic carbocycles. The Balaban J connectivity index is 2.17. The van der Waals surface area contributed by atoms with Gasteiger partial charge < -0.3 is 19.3 Å². The Labute approximate surface area is 129 Å². The van der Waals surface area contributed by atoms with Gasteiger partial charge in [0.25, 0.3) is 0 Å². The zero-order valence-corrected chi connectivity index (χ0v) is 12.5. The minimum absolute atomic E-state index is 0.295. The second kappa shape index (κ2) is 7.47. The lowest BCUT2D eigenvalue weighted by molar-refractivity contribution is 0.0899. The zero-order valence-electron chi connectivity index (χ0n) is 12.5. The van der Waals surface area contributed by atoms with Gasteiger partial charge in [0.2, 0.25) is 0 Å². The molecule has 2 rings (SSSR count). The van der Waals surface area contributed by atoms with Gasteiger partial charge in [-0.3, -0.25) is 4.79 Å². The minimum atomic E-state index is -0.564. The Hall–Kier alpha value is -2.53. The van der Waals surface area contributed by atoms with Crippen molar-refractivity contribution in [1.82, 2.24) is 0 Å². The molecule has 0 saturated carbocycles. The second-order valence-electron chi connectivity index (χ2n) is 4.58. The lowest BCUT2D eigenvalue weighted by Crippen LogP contribution is -2.08. The Morgan fingerprint density at radius 1 is 1.00 bits per heavy atom. The van der Waals surface area contributed by atoms with Crippen LogP contribution in [0.5, 0.6) is 17.2 Å². The van der Waals surface area contributed by atoms with Gasteiger partial charge in [0.15, 0.2) is 5.78 Å². The van der Waals surface area contributed by atoms with Gasteiger partial charge in [-0.05, 0) is 29.8 Å². The molecule has 1 N–H and O–H groups in total. The van der Waals surface area contributed by atoms with E-state index in [0.717, 1.165) is 11.3 Å². The number of benzene rings is 2. The van der Waals surface area contributed by atoms with Crippen LogP contribution in [-0.4, -0.2) is 31.7 Å². The molecular weight excluding hydrogens is 284 g/mol. The highest BCUT2D eigenvalue weighted by molar-refractivity contribution is 5.99. The normalized spacial score (nSPS) is 10.1. The maximum Gasteiger partial charge on any atom is 0.191 e. The number of aliphatic hydroxyl groups excluding tert-OH is 1. The van der Waals surface area contributed by atoms with E-state index in [0.29, 0.717) is 23.7 Å². The fourth-order valence-electron chi connectivity index (χ4n) is 1.95. The van der Waals surface area contributed by atoms with Crippen LogP contribution >= 0.6 is 0 Å². The summed E-state index contributed by atoms with van der Waals surface area (Å²) in [7, 11) is 3.14. The standard InChI is InChI=1S/C17H18O5/c1-20-13-5-3-12(4-6-13)11-22-17-9-14(21-2)7-8-15(17)16(19)10-18/h3-9,18H,10-11H2,1-2H3. The third-order valence-electron chi connectivity index (χ3n) is 3.19. The molecule has 0 heterocycles. The van der Waals surface area contributed by atoms with Crippen molar-refractivity contribution in [3.05, 3.63) is 53.6 Å². The lowest BCUT2D eigenvalue weighted by Gasteiger charge is -2.12. The highest BCUT2D eigenvalue weighted by Gasteiger charge is 2.13. The van der Waals surface area contributed by atoms with E-state index in [1.165, 1.54) is 7.11 Å². The SMILES string of the molecule is COc1ccc(COc2cc(OC)ccc2C(=O)CO)cc1. The summed E-state index contributed by atoms with van der Waals surface area (Å²) >= 11 is 0. The van der Waals surface area contributed by atoms with Crippen molar-refractivity contribution in [2.45, 2.75) is 6.61 Å². The van der Waals surface area contributed by atoms with Crippen LogP contribution in [0.4, 0.5) is 0 Å². The number of methoxy groups -OCH3 is 2. The maximum absolute atomic E-state index is 11.7. The summed E-state index contributed by atoms with van der Waals surface area (Å²) in [6.45, 7) is -0.270. The van der Waals surface area contributed by atoms with Gasteiger partial charge in [0.1, 0.15) is 30.5 Å². The molecule has 2 aromatic rings. The zero-order chi connectivity index (χ0) is 15.9. The topological polar surface area (TPSA) is 65.0 Å². The Morgan fingerprint density at radius 2 is 1.64 bits per heavy atom. The average molecular weight is 302 g/mol. The smallest absolute Gasteiger partial charge is 0.191 e. The fraction of sp³-hybridized carbons (Fsp3) is 0.235. The predicted octanol–water partition coefficient (Wildman–Crippen LogP) is 2.46. The first-order chi connectivity index (χ1) is 10.7. The van der Waals surface area contributed by atoms with E-state index in [2.05, 4.69) is 0 Å². The molecule has 0 aliphatic rings. The van der Waals surface area contributed by atoms with Crippen molar-refractivity contribution < 1.29 is 24.1 Å². The van der Waals surface area contributed by atoms with E-state index in [4.69, 9.17) is 19.3 Å². The quantitative estimate of drug-likeness (QED) is 0.796.